The first-order valence-corrected chi connectivity index (χ1v) is 5.21. The van der Waals surface area contributed by atoms with Crippen molar-refractivity contribution < 1.29 is 4.74 Å². The lowest BCUT2D eigenvalue weighted by molar-refractivity contribution is 0.188. The van der Waals surface area contributed by atoms with Gasteiger partial charge in [-0.2, -0.15) is 0 Å². The van der Waals surface area contributed by atoms with Crippen molar-refractivity contribution in [2.45, 2.75) is 39.4 Å². The number of rotatable bonds is 7. The fourth-order valence-electron chi connectivity index (χ4n) is 1.18. The van der Waals surface area contributed by atoms with E-state index < -0.39 is 0 Å². The summed E-state index contributed by atoms with van der Waals surface area (Å²) in [6.07, 6.45) is 0.927. The van der Waals surface area contributed by atoms with Crippen molar-refractivity contribution in [3.8, 4) is 0 Å². The molecule has 0 aliphatic carbocycles. The highest BCUT2D eigenvalue weighted by Crippen LogP contribution is 1.95. The van der Waals surface area contributed by atoms with Gasteiger partial charge in [-0.1, -0.05) is 13.8 Å². The molecule has 0 radical (unpaired) electrons. The Morgan fingerprint density at radius 2 is 2.27 bits per heavy atom. The maximum absolute atomic E-state index is 4.98. The van der Waals surface area contributed by atoms with Crippen molar-refractivity contribution in [1.29, 1.82) is 0 Å². The zero-order chi connectivity index (χ0) is 11.1. The van der Waals surface area contributed by atoms with Gasteiger partial charge in [-0.25, -0.2) is 4.68 Å². The van der Waals surface area contributed by atoms with Crippen molar-refractivity contribution in [3.05, 3.63) is 5.82 Å². The summed E-state index contributed by atoms with van der Waals surface area (Å²) < 4.78 is 6.79. The largest absolute Gasteiger partial charge is 0.385 e. The van der Waals surface area contributed by atoms with Gasteiger partial charge in [-0.3, -0.25) is 0 Å². The molecule has 0 unspecified atom stereocenters. The molecule has 1 rings (SSSR count). The van der Waals surface area contributed by atoms with Crippen LogP contribution in [0.1, 0.15) is 26.1 Å². The van der Waals surface area contributed by atoms with Gasteiger partial charge < -0.3 is 10.1 Å². The van der Waals surface area contributed by atoms with E-state index in [4.69, 9.17) is 4.74 Å². The summed E-state index contributed by atoms with van der Waals surface area (Å²) in [6, 6.07) is 0.439. The Bertz CT molecular complexity index is 273. The Hall–Kier alpha value is -1.01. The number of hydrogen-bond donors (Lipinski definition) is 1. The number of aryl methyl sites for hydroxylation is 1. The van der Waals surface area contributed by atoms with E-state index in [0.717, 1.165) is 25.4 Å². The number of aromatic nitrogens is 4. The molecule has 6 heteroatoms. The molecule has 0 aliphatic heterocycles. The van der Waals surface area contributed by atoms with Crippen molar-refractivity contribution in [2.24, 2.45) is 0 Å². The van der Waals surface area contributed by atoms with E-state index in [-0.39, 0.29) is 0 Å². The van der Waals surface area contributed by atoms with Crippen LogP contribution < -0.4 is 5.32 Å². The zero-order valence-corrected chi connectivity index (χ0v) is 9.60. The van der Waals surface area contributed by atoms with Crippen molar-refractivity contribution >= 4 is 0 Å². The Kier molecular flexibility index (Phi) is 5.20. The molecular weight excluding hydrogens is 194 g/mol. The van der Waals surface area contributed by atoms with Gasteiger partial charge in [0.25, 0.3) is 0 Å². The van der Waals surface area contributed by atoms with E-state index in [1.807, 2.05) is 4.68 Å². The normalized spacial score (nSPS) is 11.2. The quantitative estimate of drug-likeness (QED) is 0.656. The second-order valence-electron chi connectivity index (χ2n) is 3.70. The van der Waals surface area contributed by atoms with E-state index >= 15 is 0 Å². The van der Waals surface area contributed by atoms with E-state index in [2.05, 4.69) is 34.7 Å². The van der Waals surface area contributed by atoms with Crippen LogP contribution in [-0.4, -0.2) is 40.0 Å². The fourth-order valence-corrected chi connectivity index (χ4v) is 1.18. The average Bonchev–Trinajstić information content (AvgIpc) is 2.63. The predicted molar refractivity (Wildman–Crippen MR) is 56.3 cm³/mol. The minimum absolute atomic E-state index is 0.439. The number of tetrazole rings is 1. The summed E-state index contributed by atoms with van der Waals surface area (Å²) in [5.41, 5.74) is 0. The van der Waals surface area contributed by atoms with Crippen LogP contribution in [0.15, 0.2) is 0 Å². The first kappa shape index (κ1) is 12.1. The summed E-state index contributed by atoms with van der Waals surface area (Å²) in [5, 5.41) is 14.8. The fraction of sp³-hybridized carbons (Fsp3) is 0.889. The molecule has 15 heavy (non-hydrogen) atoms. The Morgan fingerprint density at radius 3 is 2.93 bits per heavy atom. The molecule has 0 aliphatic rings. The monoisotopic (exact) mass is 213 g/mol. The number of ether oxygens (including phenoxy) is 1. The third-order valence-electron chi connectivity index (χ3n) is 1.99. The average molecular weight is 213 g/mol. The predicted octanol–water partition coefficient (Wildman–Crippen LogP) is 0.208. The number of nitrogens with one attached hydrogen (secondary N) is 1. The van der Waals surface area contributed by atoms with Crippen LogP contribution in [0.2, 0.25) is 0 Å². The maximum Gasteiger partial charge on any atom is 0.165 e. The highest BCUT2D eigenvalue weighted by atomic mass is 16.5. The van der Waals surface area contributed by atoms with Crippen molar-refractivity contribution in [1.82, 2.24) is 25.5 Å². The molecule has 6 nitrogen and oxygen atoms in total. The standard InChI is InChI=1S/C9H19N5O/c1-8(2)10-7-9-11-12-13-14(9)5-4-6-15-3/h8,10H,4-7H2,1-3H3. The SMILES string of the molecule is COCCCn1nnnc1CNC(C)C. The molecule has 0 bridgehead atoms. The van der Waals surface area contributed by atoms with Gasteiger partial charge in [0.1, 0.15) is 0 Å². The molecule has 1 N–H and O–H groups in total. The van der Waals surface area contributed by atoms with Gasteiger partial charge in [-0.05, 0) is 16.8 Å². The molecule has 0 spiro atoms. The maximum atomic E-state index is 4.98. The Balaban J connectivity index is 2.39. The van der Waals surface area contributed by atoms with Crippen LogP contribution >= 0.6 is 0 Å². The second-order valence-corrected chi connectivity index (χ2v) is 3.70. The Labute approximate surface area is 90.0 Å². The van der Waals surface area contributed by atoms with E-state index in [1.54, 1.807) is 7.11 Å². The zero-order valence-electron chi connectivity index (χ0n) is 9.60. The van der Waals surface area contributed by atoms with Crippen molar-refractivity contribution in [2.75, 3.05) is 13.7 Å². The van der Waals surface area contributed by atoms with Gasteiger partial charge in [0, 0.05) is 26.3 Å². The van der Waals surface area contributed by atoms with Crippen LogP contribution in [-0.2, 0) is 17.8 Å². The lowest BCUT2D eigenvalue weighted by Crippen LogP contribution is -2.24. The number of nitrogens with zero attached hydrogens (tertiary/aromatic N) is 4. The van der Waals surface area contributed by atoms with Gasteiger partial charge >= 0.3 is 0 Å². The van der Waals surface area contributed by atoms with Crippen LogP contribution in [0.4, 0.5) is 0 Å². The third kappa shape index (κ3) is 4.35. The summed E-state index contributed by atoms with van der Waals surface area (Å²) in [5.74, 6) is 0.875. The van der Waals surface area contributed by atoms with Crippen molar-refractivity contribution in [3.63, 3.8) is 0 Å². The van der Waals surface area contributed by atoms with Gasteiger partial charge in [-0.15, -0.1) is 5.10 Å². The smallest absolute Gasteiger partial charge is 0.165 e. The first-order valence-electron chi connectivity index (χ1n) is 5.21. The minimum atomic E-state index is 0.439. The highest BCUT2D eigenvalue weighted by molar-refractivity contribution is 4.80. The van der Waals surface area contributed by atoms with E-state index in [9.17, 15) is 0 Å². The van der Waals surface area contributed by atoms with Crippen LogP contribution in [0.5, 0.6) is 0 Å². The second kappa shape index (κ2) is 6.47. The molecule has 86 valence electrons. The van der Waals surface area contributed by atoms with Gasteiger partial charge in [0.15, 0.2) is 5.82 Å². The molecule has 0 saturated carbocycles. The highest BCUT2D eigenvalue weighted by Gasteiger charge is 2.05. The number of hydrogen-bond acceptors (Lipinski definition) is 5. The molecule has 1 aromatic rings. The molecule has 1 heterocycles. The lowest BCUT2D eigenvalue weighted by Gasteiger charge is -2.07. The van der Waals surface area contributed by atoms with Gasteiger partial charge in [0.05, 0.1) is 6.54 Å². The third-order valence-corrected chi connectivity index (χ3v) is 1.99. The minimum Gasteiger partial charge on any atom is -0.385 e. The number of methoxy groups -OCH3 is 1. The Morgan fingerprint density at radius 1 is 1.47 bits per heavy atom. The van der Waals surface area contributed by atoms with E-state index in [1.165, 1.54) is 0 Å². The molecule has 0 fully saturated rings. The van der Waals surface area contributed by atoms with Crippen LogP contribution in [0, 0.1) is 0 Å². The summed E-state index contributed by atoms with van der Waals surface area (Å²) in [4.78, 5) is 0. The molecule has 0 saturated heterocycles. The molecule has 0 amide bonds. The van der Waals surface area contributed by atoms with Crippen LogP contribution in [0.25, 0.3) is 0 Å². The summed E-state index contributed by atoms with van der Waals surface area (Å²) >= 11 is 0. The first-order chi connectivity index (χ1) is 7.24. The molecule has 1 aromatic heterocycles. The van der Waals surface area contributed by atoms with E-state index in [0.29, 0.717) is 12.6 Å². The summed E-state index contributed by atoms with van der Waals surface area (Å²) in [7, 11) is 1.70. The van der Waals surface area contributed by atoms with Gasteiger partial charge in [0.2, 0.25) is 0 Å². The molecular formula is C9H19N5O. The molecule has 0 atom stereocenters. The lowest BCUT2D eigenvalue weighted by atomic mass is 10.4. The van der Waals surface area contributed by atoms with Crippen LogP contribution in [0.3, 0.4) is 0 Å². The molecule has 0 aromatic carbocycles. The summed E-state index contributed by atoms with van der Waals surface area (Å²) in [6.45, 7) is 6.43. The topological polar surface area (TPSA) is 64.9 Å².